The molecule has 0 amide bonds. The van der Waals surface area contributed by atoms with Crippen molar-refractivity contribution in [1.82, 2.24) is 10.2 Å². The fourth-order valence-electron chi connectivity index (χ4n) is 3.33. The van der Waals surface area contributed by atoms with Crippen LogP contribution in [0.15, 0.2) is 0 Å². The average molecular weight is 254 g/mol. The van der Waals surface area contributed by atoms with Crippen molar-refractivity contribution in [3.05, 3.63) is 0 Å². The number of hydrogen-bond acceptors (Lipinski definition) is 3. The van der Waals surface area contributed by atoms with Crippen LogP contribution in [0.5, 0.6) is 0 Å². The Morgan fingerprint density at radius 2 is 1.83 bits per heavy atom. The van der Waals surface area contributed by atoms with Gasteiger partial charge in [0, 0.05) is 31.3 Å². The van der Waals surface area contributed by atoms with E-state index in [1.807, 2.05) is 0 Å². The van der Waals surface area contributed by atoms with Crippen LogP contribution in [-0.4, -0.2) is 49.8 Å². The van der Waals surface area contributed by atoms with Gasteiger partial charge in [-0.3, -0.25) is 0 Å². The van der Waals surface area contributed by atoms with Gasteiger partial charge in [-0.1, -0.05) is 13.8 Å². The summed E-state index contributed by atoms with van der Waals surface area (Å²) in [5.41, 5.74) is 0. The Hall–Kier alpha value is -0.120. The minimum absolute atomic E-state index is 0.729. The Bertz CT molecular complexity index is 231. The molecule has 2 heterocycles. The van der Waals surface area contributed by atoms with Gasteiger partial charge < -0.3 is 15.0 Å². The fraction of sp³-hybridized carbons (Fsp3) is 1.00. The van der Waals surface area contributed by atoms with Gasteiger partial charge in [-0.05, 0) is 45.1 Å². The summed E-state index contributed by atoms with van der Waals surface area (Å²) in [6, 6.07) is 2.40. The quantitative estimate of drug-likeness (QED) is 0.705. The van der Waals surface area contributed by atoms with Gasteiger partial charge in [-0.2, -0.15) is 0 Å². The minimum atomic E-state index is 0.729. The molecule has 2 saturated heterocycles. The maximum absolute atomic E-state index is 5.65. The van der Waals surface area contributed by atoms with E-state index in [4.69, 9.17) is 4.74 Å². The molecule has 0 saturated carbocycles. The number of hydrogen-bond donors (Lipinski definition) is 1. The van der Waals surface area contributed by atoms with Crippen molar-refractivity contribution in [2.45, 2.75) is 64.1 Å². The second-order valence-corrected chi connectivity index (χ2v) is 6.47. The summed E-state index contributed by atoms with van der Waals surface area (Å²) in [7, 11) is 2.30. The van der Waals surface area contributed by atoms with Gasteiger partial charge >= 0.3 is 0 Å². The smallest absolute Gasteiger partial charge is 0.0591 e. The largest absolute Gasteiger partial charge is 0.380 e. The standard InChI is InChI=1S/C15H30N2O/c1-12(2)6-8-18-9-7-16-13-10-14-4-5-15(11-13)17(14)3/h12-16H,4-11H2,1-3H3. The lowest BCUT2D eigenvalue weighted by atomic mass is 9.98. The Balaban J connectivity index is 1.53. The Morgan fingerprint density at radius 3 is 2.44 bits per heavy atom. The maximum Gasteiger partial charge on any atom is 0.0591 e. The van der Waals surface area contributed by atoms with E-state index in [1.165, 1.54) is 32.1 Å². The molecule has 3 nitrogen and oxygen atoms in total. The second-order valence-electron chi connectivity index (χ2n) is 6.47. The van der Waals surface area contributed by atoms with E-state index < -0.39 is 0 Å². The number of nitrogens with one attached hydrogen (secondary N) is 1. The van der Waals surface area contributed by atoms with Crippen LogP contribution in [0.4, 0.5) is 0 Å². The number of piperidine rings is 1. The molecule has 0 aliphatic carbocycles. The van der Waals surface area contributed by atoms with Crippen LogP contribution in [0, 0.1) is 5.92 Å². The number of ether oxygens (including phenoxy) is 1. The van der Waals surface area contributed by atoms with Crippen molar-refractivity contribution in [1.29, 1.82) is 0 Å². The number of nitrogens with zero attached hydrogens (tertiary/aromatic N) is 1. The molecule has 2 aliphatic rings. The highest BCUT2D eigenvalue weighted by atomic mass is 16.5. The Morgan fingerprint density at radius 1 is 1.17 bits per heavy atom. The van der Waals surface area contributed by atoms with E-state index in [0.717, 1.165) is 43.8 Å². The first kappa shape index (κ1) is 14.3. The third kappa shape index (κ3) is 3.94. The van der Waals surface area contributed by atoms with Gasteiger partial charge in [0.2, 0.25) is 0 Å². The summed E-state index contributed by atoms with van der Waals surface area (Å²) in [6.07, 6.45) is 6.66. The monoisotopic (exact) mass is 254 g/mol. The SMILES string of the molecule is CC(C)CCOCCNC1CC2CCC(C1)N2C. The predicted octanol–water partition coefficient (Wildman–Crippen LogP) is 2.26. The summed E-state index contributed by atoms with van der Waals surface area (Å²) >= 11 is 0. The summed E-state index contributed by atoms with van der Waals surface area (Å²) in [4.78, 5) is 2.59. The van der Waals surface area contributed by atoms with Gasteiger partial charge in [0.05, 0.1) is 6.61 Å². The number of fused-ring (bicyclic) bond motifs is 2. The molecule has 0 aromatic rings. The van der Waals surface area contributed by atoms with Crippen LogP contribution in [0.25, 0.3) is 0 Å². The molecule has 0 aromatic heterocycles. The van der Waals surface area contributed by atoms with Crippen LogP contribution in [-0.2, 0) is 4.74 Å². The molecule has 0 aromatic carbocycles. The molecule has 1 N–H and O–H groups in total. The third-order valence-electron chi connectivity index (χ3n) is 4.62. The molecule has 0 radical (unpaired) electrons. The van der Waals surface area contributed by atoms with Crippen LogP contribution in [0.2, 0.25) is 0 Å². The molecule has 2 fully saturated rings. The molecule has 2 rings (SSSR count). The molecular formula is C15H30N2O. The molecule has 2 bridgehead atoms. The topological polar surface area (TPSA) is 24.5 Å². The van der Waals surface area contributed by atoms with Crippen molar-refractivity contribution < 1.29 is 4.74 Å². The average Bonchev–Trinajstić information content (AvgIpc) is 2.56. The van der Waals surface area contributed by atoms with Crippen molar-refractivity contribution >= 4 is 0 Å². The molecular weight excluding hydrogens is 224 g/mol. The van der Waals surface area contributed by atoms with E-state index >= 15 is 0 Å². The summed E-state index contributed by atoms with van der Waals surface area (Å²) < 4.78 is 5.65. The van der Waals surface area contributed by atoms with E-state index in [9.17, 15) is 0 Å². The molecule has 0 spiro atoms. The lowest BCUT2D eigenvalue weighted by Crippen LogP contribution is -2.47. The zero-order valence-electron chi connectivity index (χ0n) is 12.3. The Kier molecular flexibility index (Phi) is 5.46. The van der Waals surface area contributed by atoms with E-state index in [-0.39, 0.29) is 0 Å². The highest BCUT2D eigenvalue weighted by molar-refractivity contribution is 4.95. The highest BCUT2D eigenvalue weighted by Gasteiger charge is 2.37. The second kappa shape index (κ2) is 6.88. The van der Waals surface area contributed by atoms with Crippen LogP contribution in [0.3, 0.4) is 0 Å². The molecule has 2 unspecified atom stereocenters. The first-order valence-electron chi connectivity index (χ1n) is 7.70. The molecule has 106 valence electrons. The zero-order chi connectivity index (χ0) is 13.0. The van der Waals surface area contributed by atoms with Gasteiger partial charge in [0.25, 0.3) is 0 Å². The summed E-state index contributed by atoms with van der Waals surface area (Å²) in [6.45, 7) is 7.30. The molecule has 3 heteroatoms. The minimum Gasteiger partial charge on any atom is -0.380 e. The molecule has 2 atom stereocenters. The predicted molar refractivity (Wildman–Crippen MR) is 75.9 cm³/mol. The third-order valence-corrected chi connectivity index (χ3v) is 4.62. The first-order valence-corrected chi connectivity index (χ1v) is 7.70. The van der Waals surface area contributed by atoms with E-state index in [2.05, 4.69) is 31.1 Å². The summed E-state index contributed by atoms with van der Waals surface area (Å²) in [5.74, 6) is 0.752. The first-order chi connectivity index (χ1) is 8.66. The normalized spacial score (nSPS) is 32.3. The van der Waals surface area contributed by atoms with Crippen molar-refractivity contribution in [3.8, 4) is 0 Å². The maximum atomic E-state index is 5.65. The summed E-state index contributed by atoms with van der Waals surface area (Å²) in [5, 5.41) is 3.68. The number of rotatable bonds is 7. The van der Waals surface area contributed by atoms with Gasteiger partial charge in [-0.25, -0.2) is 0 Å². The van der Waals surface area contributed by atoms with Gasteiger partial charge in [0.1, 0.15) is 0 Å². The van der Waals surface area contributed by atoms with E-state index in [1.54, 1.807) is 0 Å². The van der Waals surface area contributed by atoms with Crippen molar-refractivity contribution in [2.24, 2.45) is 5.92 Å². The van der Waals surface area contributed by atoms with Crippen LogP contribution >= 0.6 is 0 Å². The lowest BCUT2D eigenvalue weighted by Gasteiger charge is -2.36. The van der Waals surface area contributed by atoms with Crippen molar-refractivity contribution in [2.75, 3.05) is 26.8 Å². The molecule has 18 heavy (non-hydrogen) atoms. The highest BCUT2D eigenvalue weighted by Crippen LogP contribution is 2.33. The van der Waals surface area contributed by atoms with E-state index in [0.29, 0.717) is 0 Å². The fourth-order valence-corrected chi connectivity index (χ4v) is 3.33. The zero-order valence-corrected chi connectivity index (χ0v) is 12.3. The van der Waals surface area contributed by atoms with Crippen molar-refractivity contribution in [3.63, 3.8) is 0 Å². The van der Waals surface area contributed by atoms with Gasteiger partial charge in [-0.15, -0.1) is 0 Å². The van der Waals surface area contributed by atoms with Gasteiger partial charge in [0.15, 0.2) is 0 Å². The lowest BCUT2D eigenvalue weighted by molar-refractivity contribution is 0.111. The Labute approximate surface area is 112 Å². The van der Waals surface area contributed by atoms with Crippen LogP contribution in [0.1, 0.15) is 46.0 Å². The van der Waals surface area contributed by atoms with Crippen LogP contribution < -0.4 is 5.32 Å². The molecule has 2 aliphatic heterocycles.